The van der Waals surface area contributed by atoms with Crippen molar-refractivity contribution in [3.63, 3.8) is 0 Å². The predicted molar refractivity (Wildman–Crippen MR) is 101 cm³/mol. The Kier molecular flexibility index (Phi) is 5.53. The van der Waals surface area contributed by atoms with Crippen molar-refractivity contribution in [2.24, 2.45) is 0 Å². The zero-order chi connectivity index (χ0) is 18.4. The van der Waals surface area contributed by atoms with Crippen molar-refractivity contribution in [3.05, 3.63) is 60.2 Å². The molecule has 3 rings (SSSR count). The summed E-state index contributed by atoms with van der Waals surface area (Å²) in [5.41, 5.74) is 2.31. The summed E-state index contributed by atoms with van der Waals surface area (Å²) in [6.07, 6.45) is 0. The van der Waals surface area contributed by atoms with Gasteiger partial charge in [-0.3, -0.25) is 9.89 Å². The first-order chi connectivity index (χ1) is 12.7. The maximum atomic E-state index is 12.5. The third-order valence-electron chi connectivity index (χ3n) is 3.71. The van der Waals surface area contributed by atoms with Gasteiger partial charge in [-0.05, 0) is 37.6 Å². The molecule has 2 aromatic carbocycles. The molecule has 134 valence electrons. The number of carbonyl (C=O) groups is 1. The zero-order valence-electron chi connectivity index (χ0n) is 14.8. The fourth-order valence-corrected chi connectivity index (χ4v) is 2.53. The molecule has 0 aliphatic rings. The van der Waals surface area contributed by atoms with Crippen molar-refractivity contribution >= 4 is 11.7 Å². The number of nitrogens with one attached hydrogen (secondary N) is 2. The molecule has 0 aliphatic carbocycles. The van der Waals surface area contributed by atoms with Gasteiger partial charge in [0.2, 0.25) is 0 Å². The van der Waals surface area contributed by atoms with Crippen LogP contribution in [0.4, 0.5) is 5.82 Å². The minimum absolute atomic E-state index is 0.264. The summed E-state index contributed by atoms with van der Waals surface area (Å²) in [7, 11) is 0. The molecular weight excluding hydrogens is 330 g/mol. The highest BCUT2D eigenvalue weighted by Gasteiger charge is 2.13. The highest BCUT2D eigenvalue weighted by molar-refractivity contribution is 6.04. The molecule has 2 N–H and O–H groups in total. The maximum Gasteiger partial charge on any atom is 0.257 e. The SMILES string of the molecule is CCOc1ccc(C(=O)Nc2cc(-c3ccccc3)[nH]n2)cc1OCC. The van der Waals surface area contributed by atoms with Gasteiger partial charge in [0.1, 0.15) is 0 Å². The first-order valence-electron chi connectivity index (χ1n) is 8.53. The molecule has 0 fully saturated rings. The molecule has 0 spiro atoms. The summed E-state index contributed by atoms with van der Waals surface area (Å²) in [6.45, 7) is 4.81. The molecule has 0 atom stereocenters. The molecule has 1 heterocycles. The topological polar surface area (TPSA) is 76.2 Å². The summed E-state index contributed by atoms with van der Waals surface area (Å²) in [6, 6.07) is 16.7. The Morgan fingerprint density at radius 1 is 1.00 bits per heavy atom. The second kappa shape index (κ2) is 8.20. The molecule has 6 heteroatoms. The molecule has 0 radical (unpaired) electrons. The van der Waals surface area contributed by atoms with Gasteiger partial charge in [-0.15, -0.1) is 0 Å². The molecule has 0 saturated carbocycles. The van der Waals surface area contributed by atoms with Crippen LogP contribution in [0.5, 0.6) is 11.5 Å². The number of nitrogens with zero attached hydrogens (tertiary/aromatic N) is 1. The van der Waals surface area contributed by atoms with Gasteiger partial charge < -0.3 is 14.8 Å². The smallest absolute Gasteiger partial charge is 0.257 e. The van der Waals surface area contributed by atoms with Crippen molar-refractivity contribution < 1.29 is 14.3 Å². The van der Waals surface area contributed by atoms with E-state index < -0.39 is 0 Å². The van der Waals surface area contributed by atoms with E-state index in [0.29, 0.717) is 36.1 Å². The second-order valence-corrected chi connectivity index (χ2v) is 5.51. The lowest BCUT2D eigenvalue weighted by Gasteiger charge is -2.12. The Labute approximate surface area is 152 Å². The molecule has 26 heavy (non-hydrogen) atoms. The number of amides is 1. The van der Waals surface area contributed by atoms with Crippen LogP contribution in [0.25, 0.3) is 11.3 Å². The van der Waals surface area contributed by atoms with Gasteiger partial charge in [-0.25, -0.2) is 0 Å². The van der Waals surface area contributed by atoms with Crippen LogP contribution in [0.3, 0.4) is 0 Å². The van der Waals surface area contributed by atoms with Crippen molar-refractivity contribution in [3.8, 4) is 22.8 Å². The average Bonchev–Trinajstić information content (AvgIpc) is 3.13. The number of benzene rings is 2. The lowest BCUT2D eigenvalue weighted by molar-refractivity contribution is 0.102. The van der Waals surface area contributed by atoms with E-state index in [1.165, 1.54) is 0 Å². The van der Waals surface area contributed by atoms with Crippen LogP contribution in [0.2, 0.25) is 0 Å². The molecule has 1 aromatic heterocycles. The lowest BCUT2D eigenvalue weighted by Crippen LogP contribution is -2.12. The molecule has 0 unspecified atom stereocenters. The summed E-state index contributed by atoms with van der Waals surface area (Å²) in [5, 5.41) is 9.87. The van der Waals surface area contributed by atoms with E-state index in [-0.39, 0.29) is 5.91 Å². The Hall–Kier alpha value is -3.28. The van der Waals surface area contributed by atoms with Gasteiger partial charge in [0, 0.05) is 11.6 Å². The van der Waals surface area contributed by atoms with Crippen molar-refractivity contribution in [2.75, 3.05) is 18.5 Å². The van der Waals surface area contributed by atoms with Gasteiger partial charge in [0.05, 0.1) is 18.9 Å². The Bertz CT molecular complexity index is 875. The highest BCUT2D eigenvalue weighted by Crippen LogP contribution is 2.29. The van der Waals surface area contributed by atoms with Crippen molar-refractivity contribution in [1.29, 1.82) is 0 Å². The monoisotopic (exact) mass is 351 g/mol. The number of aromatic amines is 1. The van der Waals surface area contributed by atoms with Crippen molar-refractivity contribution in [2.45, 2.75) is 13.8 Å². The van der Waals surface area contributed by atoms with Crippen LogP contribution in [-0.4, -0.2) is 29.3 Å². The molecule has 1 amide bonds. The Balaban J connectivity index is 1.76. The number of anilines is 1. The number of ether oxygens (including phenoxy) is 2. The molecule has 0 aliphatic heterocycles. The van der Waals surface area contributed by atoms with Crippen LogP contribution in [-0.2, 0) is 0 Å². The minimum Gasteiger partial charge on any atom is -0.490 e. The Morgan fingerprint density at radius 2 is 1.73 bits per heavy atom. The minimum atomic E-state index is -0.264. The summed E-state index contributed by atoms with van der Waals surface area (Å²) >= 11 is 0. The van der Waals surface area contributed by atoms with E-state index in [2.05, 4.69) is 15.5 Å². The number of rotatable bonds is 7. The third-order valence-corrected chi connectivity index (χ3v) is 3.71. The molecular formula is C20H21N3O3. The van der Waals surface area contributed by atoms with E-state index in [1.54, 1.807) is 24.3 Å². The first kappa shape index (κ1) is 17.5. The highest BCUT2D eigenvalue weighted by atomic mass is 16.5. The molecule has 0 bridgehead atoms. The number of aromatic nitrogens is 2. The second-order valence-electron chi connectivity index (χ2n) is 5.51. The van der Waals surface area contributed by atoms with Gasteiger partial charge >= 0.3 is 0 Å². The van der Waals surface area contributed by atoms with E-state index in [0.717, 1.165) is 11.3 Å². The Morgan fingerprint density at radius 3 is 2.46 bits per heavy atom. The molecule has 3 aromatic rings. The summed E-state index contributed by atoms with van der Waals surface area (Å²) in [5.74, 6) is 1.37. The lowest BCUT2D eigenvalue weighted by atomic mass is 10.1. The third kappa shape index (κ3) is 4.03. The standard InChI is InChI=1S/C20H21N3O3/c1-3-25-17-11-10-15(12-18(17)26-4-2)20(24)21-19-13-16(22-23-19)14-8-6-5-7-9-14/h5-13H,3-4H2,1-2H3,(H2,21,22,23,24). The van der Waals surface area contributed by atoms with E-state index in [1.807, 2.05) is 44.2 Å². The maximum absolute atomic E-state index is 12.5. The van der Waals surface area contributed by atoms with E-state index in [9.17, 15) is 4.79 Å². The van der Waals surface area contributed by atoms with Crippen molar-refractivity contribution in [1.82, 2.24) is 10.2 Å². The summed E-state index contributed by atoms with van der Waals surface area (Å²) < 4.78 is 11.1. The number of H-pyrrole nitrogens is 1. The van der Waals surface area contributed by atoms with Crippen LogP contribution in [0, 0.1) is 0 Å². The number of hydrogen-bond donors (Lipinski definition) is 2. The fourth-order valence-electron chi connectivity index (χ4n) is 2.53. The predicted octanol–water partition coefficient (Wildman–Crippen LogP) is 4.13. The van der Waals surface area contributed by atoms with Crippen LogP contribution in [0.1, 0.15) is 24.2 Å². The first-order valence-corrected chi connectivity index (χ1v) is 8.53. The summed E-state index contributed by atoms with van der Waals surface area (Å²) in [4.78, 5) is 12.5. The van der Waals surface area contributed by atoms with Gasteiger partial charge in [-0.2, -0.15) is 5.10 Å². The number of carbonyl (C=O) groups excluding carboxylic acids is 1. The normalized spacial score (nSPS) is 10.4. The van der Waals surface area contributed by atoms with E-state index in [4.69, 9.17) is 9.47 Å². The van der Waals surface area contributed by atoms with Gasteiger partial charge in [0.15, 0.2) is 17.3 Å². The van der Waals surface area contributed by atoms with Crippen LogP contribution in [0.15, 0.2) is 54.6 Å². The van der Waals surface area contributed by atoms with Gasteiger partial charge in [0.25, 0.3) is 5.91 Å². The quantitative estimate of drug-likeness (QED) is 0.671. The molecule has 6 nitrogen and oxygen atoms in total. The van der Waals surface area contributed by atoms with E-state index >= 15 is 0 Å². The van der Waals surface area contributed by atoms with Gasteiger partial charge in [-0.1, -0.05) is 30.3 Å². The number of hydrogen-bond acceptors (Lipinski definition) is 4. The van der Waals surface area contributed by atoms with Crippen LogP contribution >= 0.6 is 0 Å². The zero-order valence-corrected chi connectivity index (χ0v) is 14.8. The average molecular weight is 351 g/mol. The fraction of sp³-hybridized carbons (Fsp3) is 0.200. The molecule has 0 saturated heterocycles. The largest absolute Gasteiger partial charge is 0.490 e. The van der Waals surface area contributed by atoms with Crippen LogP contribution < -0.4 is 14.8 Å².